The van der Waals surface area contributed by atoms with E-state index in [-0.39, 0.29) is 19.1 Å². The summed E-state index contributed by atoms with van der Waals surface area (Å²) >= 11 is 0. The maximum atomic E-state index is 12.7. The number of carbonyl (C=O) groups is 1. The van der Waals surface area contributed by atoms with Crippen LogP contribution in [0.4, 0.5) is 0 Å². The van der Waals surface area contributed by atoms with Gasteiger partial charge in [-0.1, -0.05) is 17.2 Å². The highest BCUT2D eigenvalue weighted by molar-refractivity contribution is 5.82. The maximum absolute atomic E-state index is 12.7. The summed E-state index contributed by atoms with van der Waals surface area (Å²) in [6.07, 6.45) is 0.429. The predicted octanol–water partition coefficient (Wildman–Crippen LogP) is 3.50. The third-order valence-corrected chi connectivity index (χ3v) is 4.90. The van der Waals surface area contributed by atoms with E-state index in [0.717, 1.165) is 27.9 Å². The summed E-state index contributed by atoms with van der Waals surface area (Å²) in [6.45, 7) is 13.4. The van der Waals surface area contributed by atoms with Gasteiger partial charge in [-0.25, -0.2) is 0 Å². The van der Waals surface area contributed by atoms with Crippen LogP contribution in [-0.2, 0) is 11.2 Å². The van der Waals surface area contributed by atoms with Crippen LogP contribution in [0.25, 0.3) is 11.3 Å². The van der Waals surface area contributed by atoms with Gasteiger partial charge in [0.25, 0.3) is 0 Å². The highest BCUT2D eigenvalue weighted by Gasteiger charge is 2.32. The molecule has 6 nitrogen and oxygen atoms in total. The Morgan fingerprint density at radius 2 is 1.79 bits per heavy atom. The fourth-order valence-electron chi connectivity index (χ4n) is 3.42. The average molecular weight is 388 g/mol. The number of nitrogens with zero attached hydrogens (tertiary/aromatic N) is 2. The van der Waals surface area contributed by atoms with Crippen molar-refractivity contribution in [3.8, 4) is 17.1 Å². The number of ether oxygens (including phenoxy) is 1. The third kappa shape index (κ3) is 4.93. The van der Waals surface area contributed by atoms with Crippen LogP contribution in [0.1, 0.15) is 44.4 Å². The van der Waals surface area contributed by atoms with Crippen molar-refractivity contribution < 1.29 is 14.6 Å². The molecule has 2 rings (SSSR count). The van der Waals surface area contributed by atoms with Crippen molar-refractivity contribution in [2.75, 3.05) is 26.3 Å². The SMILES string of the molecule is CCN(CC)C(=O)C(C)(C)COc1n[nH]c(-c2cc(C)cc(C)c2)c1CCO. The van der Waals surface area contributed by atoms with E-state index < -0.39 is 5.41 Å². The first kappa shape index (κ1) is 22.0. The molecule has 0 fully saturated rings. The molecule has 1 aromatic heterocycles. The lowest BCUT2D eigenvalue weighted by Gasteiger charge is -2.30. The van der Waals surface area contributed by atoms with Crippen LogP contribution >= 0.6 is 0 Å². The van der Waals surface area contributed by atoms with Crippen LogP contribution in [0.2, 0.25) is 0 Å². The van der Waals surface area contributed by atoms with E-state index in [4.69, 9.17) is 4.74 Å². The molecule has 0 radical (unpaired) electrons. The number of aromatic nitrogens is 2. The molecule has 0 aliphatic heterocycles. The number of hydrogen-bond acceptors (Lipinski definition) is 4. The number of aryl methyl sites for hydroxylation is 2. The van der Waals surface area contributed by atoms with Crippen molar-refractivity contribution in [1.29, 1.82) is 0 Å². The molecule has 28 heavy (non-hydrogen) atoms. The number of amides is 1. The Morgan fingerprint density at radius 3 is 2.32 bits per heavy atom. The summed E-state index contributed by atoms with van der Waals surface area (Å²) in [7, 11) is 0. The lowest BCUT2D eigenvalue weighted by Crippen LogP contribution is -2.43. The Kier molecular flexibility index (Phi) is 7.24. The van der Waals surface area contributed by atoms with E-state index in [2.05, 4.69) is 42.2 Å². The molecular weight excluding hydrogens is 354 g/mol. The predicted molar refractivity (Wildman–Crippen MR) is 111 cm³/mol. The Hall–Kier alpha value is -2.34. The monoisotopic (exact) mass is 387 g/mol. The molecule has 0 spiro atoms. The van der Waals surface area contributed by atoms with Crippen molar-refractivity contribution in [2.24, 2.45) is 5.41 Å². The molecule has 1 amide bonds. The van der Waals surface area contributed by atoms with Crippen LogP contribution in [0.5, 0.6) is 5.88 Å². The van der Waals surface area contributed by atoms with Gasteiger partial charge in [0.2, 0.25) is 11.8 Å². The Bertz CT molecular complexity index is 787. The van der Waals surface area contributed by atoms with Crippen LogP contribution in [0, 0.1) is 19.3 Å². The van der Waals surface area contributed by atoms with Gasteiger partial charge in [0.1, 0.15) is 6.61 Å². The number of hydrogen-bond donors (Lipinski definition) is 2. The van der Waals surface area contributed by atoms with Gasteiger partial charge >= 0.3 is 0 Å². The molecule has 6 heteroatoms. The third-order valence-electron chi connectivity index (χ3n) is 4.90. The number of aromatic amines is 1. The molecule has 0 atom stereocenters. The second-order valence-electron chi connectivity index (χ2n) is 7.88. The largest absolute Gasteiger partial charge is 0.475 e. The van der Waals surface area contributed by atoms with Crippen molar-refractivity contribution in [3.05, 3.63) is 34.9 Å². The summed E-state index contributed by atoms with van der Waals surface area (Å²) in [5.74, 6) is 0.509. The van der Waals surface area contributed by atoms with Gasteiger partial charge in [0, 0.05) is 37.2 Å². The molecule has 2 N–H and O–H groups in total. The summed E-state index contributed by atoms with van der Waals surface area (Å²) in [5.41, 5.74) is 4.35. The topological polar surface area (TPSA) is 78.5 Å². The molecule has 0 aliphatic rings. The molecule has 154 valence electrons. The van der Waals surface area contributed by atoms with E-state index in [1.807, 2.05) is 32.6 Å². The quantitative estimate of drug-likeness (QED) is 0.690. The minimum Gasteiger partial charge on any atom is -0.475 e. The molecule has 1 heterocycles. The Balaban J connectivity index is 2.27. The van der Waals surface area contributed by atoms with Crippen molar-refractivity contribution in [2.45, 2.75) is 48.0 Å². The van der Waals surface area contributed by atoms with Crippen LogP contribution in [0.15, 0.2) is 18.2 Å². The molecule has 0 unspecified atom stereocenters. The standard InChI is InChI=1S/C22H33N3O3/c1-7-25(8-2)21(27)22(5,6)14-28-20-18(9-10-26)19(23-24-20)17-12-15(3)11-16(4)13-17/h11-13,26H,7-10,14H2,1-6H3,(H,23,24). The number of benzene rings is 1. The highest BCUT2D eigenvalue weighted by Crippen LogP contribution is 2.31. The van der Waals surface area contributed by atoms with Crippen molar-refractivity contribution in [1.82, 2.24) is 15.1 Å². The summed E-state index contributed by atoms with van der Waals surface area (Å²) < 4.78 is 5.98. The Morgan fingerprint density at radius 1 is 1.18 bits per heavy atom. The smallest absolute Gasteiger partial charge is 0.236 e. The zero-order chi connectivity index (χ0) is 20.9. The molecule has 1 aromatic carbocycles. The maximum Gasteiger partial charge on any atom is 0.236 e. The molecule has 2 aromatic rings. The summed E-state index contributed by atoms with van der Waals surface area (Å²) in [4.78, 5) is 14.5. The first-order chi connectivity index (χ1) is 13.2. The second kappa shape index (κ2) is 9.24. The van der Waals surface area contributed by atoms with Gasteiger partial charge < -0.3 is 14.7 Å². The number of aliphatic hydroxyl groups excluding tert-OH is 1. The highest BCUT2D eigenvalue weighted by atomic mass is 16.5. The van der Waals surface area contributed by atoms with Gasteiger partial charge in [-0.15, -0.1) is 5.10 Å². The second-order valence-corrected chi connectivity index (χ2v) is 7.88. The molecule has 0 aliphatic carbocycles. The lowest BCUT2D eigenvalue weighted by molar-refractivity contribution is -0.141. The van der Waals surface area contributed by atoms with Crippen molar-refractivity contribution >= 4 is 5.91 Å². The van der Waals surface area contributed by atoms with Crippen molar-refractivity contribution in [3.63, 3.8) is 0 Å². The number of H-pyrrole nitrogens is 1. The first-order valence-electron chi connectivity index (χ1n) is 9.92. The number of aliphatic hydroxyl groups is 1. The van der Waals surface area contributed by atoms with E-state index in [9.17, 15) is 9.90 Å². The Labute approximate surface area is 167 Å². The first-order valence-corrected chi connectivity index (χ1v) is 9.92. The lowest BCUT2D eigenvalue weighted by atomic mass is 9.92. The summed E-state index contributed by atoms with van der Waals surface area (Å²) in [6, 6.07) is 6.28. The van der Waals surface area contributed by atoms with Gasteiger partial charge in [-0.05, 0) is 53.7 Å². The molecule has 0 saturated heterocycles. The van der Waals surface area contributed by atoms with Gasteiger partial charge in [-0.3, -0.25) is 9.89 Å². The van der Waals surface area contributed by atoms with E-state index in [0.29, 0.717) is 25.4 Å². The summed E-state index contributed by atoms with van der Waals surface area (Å²) in [5, 5.41) is 16.9. The van der Waals surface area contributed by atoms with Crippen LogP contribution < -0.4 is 4.74 Å². The van der Waals surface area contributed by atoms with E-state index >= 15 is 0 Å². The normalized spacial score (nSPS) is 11.5. The zero-order valence-electron chi connectivity index (χ0n) is 17.9. The average Bonchev–Trinajstić information content (AvgIpc) is 3.03. The van der Waals surface area contributed by atoms with E-state index in [1.165, 1.54) is 0 Å². The van der Waals surface area contributed by atoms with Gasteiger partial charge in [0.05, 0.1) is 11.1 Å². The minimum absolute atomic E-state index is 0.00450. The number of carbonyl (C=O) groups excluding carboxylic acids is 1. The number of nitrogens with one attached hydrogen (secondary N) is 1. The van der Waals surface area contributed by atoms with Gasteiger partial charge in [0.15, 0.2) is 0 Å². The van der Waals surface area contributed by atoms with E-state index in [1.54, 1.807) is 0 Å². The molecular formula is C22H33N3O3. The zero-order valence-corrected chi connectivity index (χ0v) is 17.9. The number of rotatable bonds is 9. The van der Waals surface area contributed by atoms with Crippen LogP contribution in [0.3, 0.4) is 0 Å². The molecule has 0 bridgehead atoms. The molecule has 0 saturated carbocycles. The fraction of sp³-hybridized carbons (Fsp3) is 0.545. The fourth-order valence-corrected chi connectivity index (χ4v) is 3.42. The van der Waals surface area contributed by atoms with Gasteiger partial charge in [-0.2, -0.15) is 0 Å². The van der Waals surface area contributed by atoms with Crippen LogP contribution in [-0.4, -0.2) is 52.4 Å². The minimum atomic E-state index is -0.665.